The largest absolute Gasteiger partial charge is 0.352 e. The van der Waals surface area contributed by atoms with Crippen LogP contribution in [0.15, 0.2) is 24.3 Å². The molecule has 0 amide bonds. The van der Waals surface area contributed by atoms with Gasteiger partial charge in [-0.3, -0.25) is 0 Å². The average Bonchev–Trinajstić information content (AvgIpc) is 2.66. The first-order valence-electron chi connectivity index (χ1n) is 8.79. The van der Waals surface area contributed by atoms with Crippen molar-refractivity contribution in [1.82, 2.24) is 0 Å². The van der Waals surface area contributed by atoms with Crippen LogP contribution in [0.4, 0.5) is 13.2 Å². The monoisotopic (exact) mass is 372 g/mol. The molecule has 2 fully saturated rings. The fourth-order valence-corrected chi connectivity index (χ4v) is 3.11. The molecule has 0 aromatic heterocycles. The molecular weight excluding hydrogens is 349 g/mol. The third kappa shape index (κ3) is 4.85. The van der Waals surface area contributed by atoms with E-state index >= 15 is 0 Å². The number of aryl methyl sites for hydroxylation is 1. The van der Waals surface area contributed by atoms with E-state index in [1.54, 1.807) is 0 Å². The van der Waals surface area contributed by atoms with Gasteiger partial charge in [0, 0.05) is 12.3 Å². The van der Waals surface area contributed by atoms with Crippen molar-refractivity contribution in [3.05, 3.63) is 47.3 Å². The van der Waals surface area contributed by atoms with E-state index in [1.807, 2.05) is 13.0 Å². The van der Waals surface area contributed by atoms with Gasteiger partial charge < -0.3 is 18.9 Å². The lowest BCUT2D eigenvalue weighted by Gasteiger charge is -2.37. The van der Waals surface area contributed by atoms with Gasteiger partial charge in [0.1, 0.15) is 0 Å². The van der Waals surface area contributed by atoms with Crippen molar-refractivity contribution in [1.29, 1.82) is 0 Å². The second kappa shape index (κ2) is 8.99. The van der Waals surface area contributed by atoms with E-state index < -0.39 is 23.7 Å². The lowest BCUT2D eigenvalue weighted by molar-refractivity contribution is -0.278. The molecule has 4 nitrogen and oxygen atoms in total. The highest BCUT2D eigenvalue weighted by molar-refractivity contribution is 5.19. The number of halogens is 3. The standard InChI is InChI=1S/C19H23F3O4/c1-2-3-13-8-25-19(26-9-13)14-10-23-17(24-11-14)5-4-12-6-15(20)18(22)16(21)7-12/h2-3,6-7,13-14,17,19H,4-5,8-11H2,1H3. The normalized spacial score (nSPS) is 30.0. The predicted octanol–water partition coefficient (Wildman–Crippen LogP) is 3.59. The summed E-state index contributed by atoms with van der Waals surface area (Å²) >= 11 is 0. The minimum absolute atomic E-state index is 0.0153. The van der Waals surface area contributed by atoms with E-state index in [2.05, 4.69) is 6.08 Å². The summed E-state index contributed by atoms with van der Waals surface area (Å²) in [4.78, 5) is 0. The Morgan fingerprint density at radius 1 is 0.962 bits per heavy atom. The number of hydrogen-bond acceptors (Lipinski definition) is 4. The van der Waals surface area contributed by atoms with Gasteiger partial charge in [0.15, 0.2) is 30.0 Å². The molecule has 0 spiro atoms. The molecule has 1 aromatic carbocycles. The van der Waals surface area contributed by atoms with Crippen LogP contribution in [0.25, 0.3) is 0 Å². The maximum atomic E-state index is 13.2. The molecule has 0 bridgehead atoms. The third-order valence-electron chi connectivity index (χ3n) is 4.50. The zero-order valence-electron chi connectivity index (χ0n) is 14.6. The van der Waals surface area contributed by atoms with E-state index in [0.29, 0.717) is 44.8 Å². The fraction of sp³-hybridized carbons (Fsp3) is 0.579. The van der Waals surface area contributed by atoms with Crippen LogP contribution in [0.1, 0.15) is 18.9 Å². The Morgan fingerprint density at radius 2 is 1.58 bits per heavy atom. The van der Waals surface area contributed by atoms with Gasteiger partial charge in [0.05, 0.1) is 32.3 Å². The molecule has 2 saturated heterocycles. The van der Waals surface area contributed by atoms with Gasteiger partial charge in [0.25, 0.3) is 0 Å². The summed E-state index contributed by atoms with van der Waals surface area (Å²) in [6, 6.07) is 1.99. The molecule has 3 rings (SSSR count). The van der Waals surface area contributed by atoms with E-state index in [1.165, 1.54) is 0 Å². The fourth-order valence-electron chi connectivity index (χ4n) is 3.11. The lowest BCUT2D eigenvalue weighted by Crippen LogP contribution is -2.44. The van der Waals surface area contributed by atoms with E-state index in [9.17, 15) is 13.2 Å². The van der Waals surface area contributed by atoms with Crippen LogP contribution in [0.3, 0.4) is 0 Å². The molecule has 2 heterocycles. The molecule has 1 aromatic rings. The van der Waals surface area contributed by atoms with Crippen molar-refractivity contribution in [3.8, 4) is 0 Å². The predicted molar refractivity (Wildman–Crippen MR) is 87.8 cm³/mol. The first-order valence-corrected chi connectivity index (χ1v) is 8.79. The molecule has 0 saturated carbocycles. The molecule has 0 unspecified atom stereocenters. The molecule has 144 valence electrons. The zero-order chi connectivity index (χ0) is 18.5. The molecular formula is C19H23F3O4. The van der Waals surface area contributed by atoms with Crippen molar-refractivity contribution < 1.29 is 32.1 Å². The third-order valence-corrected chi connectivity index (χ3v) is 4.50. The number of ether oxygens (including phenoxy) is 4. The Balaban J connectivity index is 1.42. The molecule has 7 heteroatoms. The van der Waals surface area contributed by atoms with Crippen molar-refractivity contribution in [2.75, 3.05) is 26.4 Å². The summed E-state index contributed by atoms with van der Waals surface area (Å²) in [7, 11) is 0. The van der Waals surface area contributed by atoms with Crippen molar-refractivity contribution in [2.45, 2.75) is 32.3 Å². The quantitative estimate of drug-likeness (QED) is 0.585. The molecule has 26 heavy (non-hydrogen) atoms. The van der Waals surface area contributed by atoms with Gasteiger partial charge in [-0.15, -0.1) is 0 Å². The van der Waals surface area contributed by atoms with Crippen LogP contribution in [-0.4, -0.2) is 39.0 Å². The summed E-state index contributed by atoms with van der Waals surface area (Å²) in [5.74, 6) is -3.57. The van der Waals surface area contributed by atoms with Gasteiger partial charge in [-0.1, -0.05) is 12.2 Å². The summed E-state index contributed by atoms with van der Waals surface area (Å²) in [5.41, 5.74) is 0.365. The van der Waals surface area contributed by atoms with Crippen molar-refractivity contribution in [3.63, 3.8) is 0 Å². The zero-order valence-corrected chi connectivity index (χ0v) is 14.6. The Morgan fingerprint density at radius 3 is 2.15 bits per heavy atom. The minimum Gasteiger partial charge on any atom is -0.352 e. The Bertz CT molecular complexity index is 598. The maximum Gasteiger partial charge on any atom is 0.194 e. The van der Waals surface area contributed by atoms with Gasteiger partial charge in [-0.2, -0.15) is 0 Å². The minimum atomic E-state index is -1.45. The smallest absolute Gasteiger partial charge is 0.194 e. The lowest BCUT2D eigenvalue weighted by atomic mass is 10.1. The highest BCUT2D eigenvalue weighted by Gasteiger charge is 2.33. The molecule has 0 N–H and O–H groups in total. The Kier molecular flexibility index (Phi) is 6.69. The summed E-state index contributed by atoms with van der Waals surface area (Å²) in [6.45, 7) is 4.03. The van der Waals surface area contributed by atoms with Crippen molar-refractivity contribution >= 4 is 0 Å². The number of allylic oxidation sites excluding steroid dienone is 1. The van der Waals surface area contributed by atoms with Crippen LogP contribution in [0, 0.1) is 29.3 Å². The second-order valence-electron chi connectivity index (χ2n) is 6.59. The van der Waals surface area contributed by atoms with Gasteiger partial charge in [0.2, 0.25) is 0 Å². The second-order valence-corrected chi connectivity index (χ2v) is 6.59. The van der Waals surface area contributed by atoms with Gasteiger partial charge >= 0.3 is 0 Å². The molecule has 0 atom stereocenters. The highest BCUT2D eigenvalue weighted by atomic mass is 19.2. The average molecular weight is 372 g/mol. The van der Waals surface area contributed by atoms with Crippen LogP contribution in [-0.2, 0) is 25.4 Å². The number of benzene rings is 1. The first-order chi connectivity index (χ1) is 12.6. The molecule has 2 aliphatic rings. The van der Waals surface area contributed by atoms with Gasteiger partial charge in [-0.25, -0.2) is 13.2 Å². The Labute approximate surface area is 150 Å². The maximum absolute atomic E-state index is 13.2. The molecule has 0 radical (unpaired) electrons. The van der Waals surface area contributed by atoms with Crippen LogP contribution >= 0.6 is 0 Å². The first kappa shape index (κ1) is 19.4. The molecule has 0 aliphatic carbocycles. The summed E-state index contributed by atoms with van der Waals surface area (Å²) in [6.07, 6.45) is 3.96. The Hall–Kier alpha value is -1.41. The SMILES string of the molecule is CC=CC1COC(C2COC(CCc3cc(F)c(F)c(F)c3)OC2)OC1. The summed E-state index contributed by atoms with van der Waals surface area (Å²) in [5, 5.41) is 0. The van der Waals surface area contributed by atoms with Crippen LogP contribution in [0.2, 0.25) is 0 Å². The van der Waals surface area contributed by atoms with E-state index in [0.717, 1.165) is 12.1 Å². The van der Waals surface area contributed by atoms with E-state index in [4.69, 9.17) is 18.9 Å². The number of rotatable bonds is 5. The topological polar surface area (TPSA) is 36.9 Å². The summed E-state index contributed by atoms with van der Waals surface area (Å²) < 4.78 is 62.2. The number of hydrogen-bond donors (Lipinski definition) is 0. The van der Waals surface area contributed by atoms with Crippen molar-refractivity contribution in [2.24, 2.45) is 11.8 Å². The van der Waals surface area contributed by atoms with Crippen LogP contribution in [0.5, 0.6) is 0 Å². The van der Waals surface area contributed by atoms with E-state index in [-0.39, 0.29) is 18.1 Å². The van der Waals surface area contributed by atoms with Crippen LogP contribution < -0.4 is 0 Å². The molecule has 2 aliphatic heterocycles. The van der Waals surface area contributed by atoms with Gasteiger partial charge in [-0.05, 0) is 31.0 Å². The highest BCUT2D eigenvalue weighted by Crippen LogP contribution is 2.24.